The molecule has 0 amide bonds. The third kappa shape index (κ3) is 1.97. The summed E-state index contributed by atoms with van der Waals surface area (Å²) in [7, 11) is 3.34. The van der Waals surface area contributed by atoms with Crippen LogP contribution in [-0.4, -0.2) is 18.7 Å². The fourth-order valence-electron chi connectivity index (χ4n) is 2.67. The van der Waals surface area contributed by atoms with Crippen LogP contribution in [0.15, 0.2) is 39.9 Å². The van der Waals surface area contributed by atoms with E-state index in [1.54, 1.807) is 18.7 Å². The Hall–Kier alpha value is -2.41. The van der Waals surface area contributed by atoms with E-state index in [0.717, 1.165) is 5.56 Å². The number of H-pyrrole nitrogens is 1. The van der Waals surface area contributed by atoms with Crippen LogP contribution in [0.4, 0.5) is 0 Å². The van der Waals surface area contributed by atoms with Crippen molar-refractivity contribution in [1.29, 1.82) is 0 Å². The van der Waals surface area contributed by atoms with Gasteiger partial charge in [0.05, 0.1) is 6.04 Å². The van der Waals surface area contributed by atoms with Crippen molar-refractivity contribution in [2.24, 2.45) is 14.1 Å². The molecule has 0 spiro atoms. The van der Waals surface area contributed by atoms with Gasteiger partial charge in [0.1, 0.15) is 5.65 Å². The number of nitrogens with zero attached hydrogens (tertiary/aromatic N) is 3. The van der Waals surface area contributed by atoms with E-state index < -0.39 is 0 Å². The van der Waals surface area contributed by atoms with Crippen LogP contribution in [0.25, 0.3) is 11.2 Å². The maximum atomic E-state index is 12.8. The van der Waals surface area contributed by atoms with Crippen molar-refractivity contribution in [1.82, 2.24) is 18.7 Å². The summed E-state index contributed by atoms with van der Waals surface area (Å²) < 4.78 is 4.69. The average molecular weight is 316 g/mol. The lowest BCUT2D eigenvalue weighted by Gasteiger charge is -2.16. The minimum atomic E-state index is -0.370. The van der Waals surface area contributed by atoms with Crippen LogP contribution in [0, 0.1) is 4.77 Å². The monoisotopic (exact) mass is 316 g/mol. The van der Waals surface area contributed by atoms with E-state index in [9.17, 15) is 9.59 Å². The maximum Gasteiger partial charge on any atom is 0.332 e. The number of benzene rings is 1. The molecule has 0 saturated carbocycles. The summed E-state index contributed by atoms with van der Waals surface area (Å²) in [6.07, 6.45) is 0. The summed E-state index contributed by atoms with van der Waals surface area (Å²) in [5.41, 5.74) is 1.03. The Morgan fingerprint density at radius 1 is 1.09 bits per heavy atom. The van der Waals surface area contributed by atoms with Gasteiger partial charge in [0.25, 0.3) is 5.56 Å². The van der Waals surface area contributed by atoms with Crippen LogP contribution in [0.1, 0.15) is 18.5 Å². The molecule has 1 unspecified atom stereocenters. The molecular formula is C15H16N4O2S. The Morgan fingerprint density at radius 2 is 1.73 bits per heavy atom. The Balaban J connectivity index is 2.41. The molecule has 1 N–H and O–H groups in total. The van der Waals surface area contributed by atoms with Crippen LogP contribution in [0.5, 0.6) is 0 Å². The molecule has 3 aromatic rings. The van der Waals surface area contributed by atoms with E-state index in [0.29, 0.717) is 15.9 Å². The lowest BCUT2D eigenvalue weighted by Crippen LogP contribution is -2.41. The fraction of sp³-hybridized carbons (Fsp3) is 0.267. The number of hydrogen-bond acceptors (Lipinski definition) is 3. The number of nitrogens with one attached hydrogen (secondary N) is 1. The first-order valence-corrected chi connectivity index (χ1v) is 7.29. The van der Waals surface area contributed by atoms with Gasteiger partial charge in [-0.15, -0.1) is 0 Å². The van der Waals surface area contributed by atoms with Gasteiger partial charge < -0.3 is 9.55 Å². The van der Waals surface area contributed by atoms with Crippen LogP contribution < -0.4 is 11.2 Å². The predicted octanol–water partition coefficient (Wildman–Crippen LogP) is 1.71. The Kier molecular flexibility index (Phi) is 3.37. The molecule has 0 aliphatic rings. The van der Waals surface area contributed by atoms with Crippen molar-refractivity contribution in [3.8, 4) is 0 Å². The lowest BCUT2D eigenvalue weighted by molar-refractivity contribution is 0.558. The molecule has 6 nitrogen and oxygen atoms in total. The molecule has 0 aliphatic heterocycles. The molecule has 0 bridgehead atoms. The standard InChI is InChI=1S/C15H16N4O2S/c1-9(10-7-5-4-6-8-10)19-13(20)11-12(18(3)15(19)21)16-14(22)17(11)2/h4-9H,1-3H3,(H,16,22). The molecule has 2 heterocycles. The van der Waals surface area contributed by atoms with Gasteiger partial charge in [-0.25, -0.2) is 4.79 Å². The normalized spacial score (nSPS) is 12.7. The average Bonchev–Trinajstić information content (AvgIpc) is 2.82. The zero-order valence-corrected chi connectivity index (χ0v) is 13.3. The van der Waals surface area contributed by atoms with Gasteiger partial charge in [0, 0.05) is 14.1 Å². The molecule has 0 fully saturated rings. The molecule has 3 rings (SSSR count). The van der Waals surface area contributed by atoms with E-state index in [2.05, 4.69) is 4.98 Å². The Labute approximate surface area is 131 Å². The van der Waals surface area contributed by atoms with Gasteiger partial charge >= 0.3 is 5.69 Å². The number of fused-ring (bicyclic) bond motifs is 1. The highest BCUT2D eigenvalue weighted by molar-refractivity contribution is 7.71. The number of aromatic nitrogens is 4. The van der Waals surface area contributed by atoms with Crippen LogP contribution in [-0.2, 0) is 14.1 Å². The summed E-state index contributed by atoms with van der Waals surface area (Å²) in [6.45, 7) is 1.84. The number of imidazole rings is 1. The van der Waals surface area contributed by atoms with Crippen molar-refractivity contribution in [3.05, 3.63) is 61.5 Å². The topological polar surface area (TPSA) is 64.7 Å². The number of aryl methyl sites for hydroxylation is 2. The lowest BCUT2D eigenvalue weighted by atomic mass is 10.1. The van der Waals surface area contributed by atoms with Gasteiger partial charge in [-0.05, 0) is 24.7 Å². The van der Waals surface area contributed by atoms with Gasteiger partial charge in [-0.3, -0.25) is 13.9 Å². The van der Waals surface area contributed by atoms with E-state index in [-0.39, 0.29) is 17.3 Å². The van der Waals surface area contributed by atoms with E-state index in [1.165, 1.54) is 9.13 Å². The maximum absolute atomic E-state index is 12.8. The Morgan fingerprint density at radius 3 is 2.36 bits per heavy atom. The molecular weight excluding hydrogens is 300 g/mol. The fourth-order valence-corrected chi connectivity index (χ4v) is 2.86. The van der Waals surface area contributed by atoms with Gasteiger partial charge in [0.15, 0.2) is 10.3 Å². The van der Waals surface area contributed by atoms with Crippen molar-refractivity contribution < 1.29 is 0 Å². The molecule has 0 aliphatic carbocycles. The van der Waals surface area contributed by atoms with Gasteiger partial charge in [0.2, 0.25) is 0 Å². The smallest absolute Gasteiger partial charge is 0.316 e. The van der Waals surface area contributed by atoms with E-state index in [4.69, 9.17) is 12.2 Å². The molecule has 7 heteroatoms. The SMILES string of the molecule is CC(c1ccccc1)n1c(=O)c2c([nH]c(=S)n2C)n(C)c1=O. The minimum Gasteiger partial charge on any atom is -0.316 e. The highest BCUT2D eigenvalue weighted by atomic mass is 32.1. The number of hydrogen-bond donors (Lipinski definition) is 1. The zero-order valence-electron chi connectivity index (χ0n) is 12.5. The predicted molar refractivity (Wildman–Crippen MR) is 87.9 cm³/mol. The quantitative estimate of drug-likeness (QED) is 0.732. The largest absolute Gasteiger partial charge is 0.332 e. The first-order valence-electron chi connectivity index (χ1n) is 6.88. The number of aromatic amines is 1. The summed E-state index contributed by atoms with van der Waals surface area (Å²) in [5.74, 6) is 0. The molecule has 2 aromatic heterocycles. The Bertz CT molecular complexity index is 1020. The molecule has 1 atom stereocenters. The summed E-state index contributed by atoms with van der Waals surface area (Å²) >= 11 is 5.16. The molecule has 114 valence electrons. The highest BCUT2D eigenvalue weighted by Gasteiger charge is 2.19. The zero-order chi connectivity index (χ0) is 16.0. The van der Waals surface area contributed by atoms with Crippen LogP contribution in [0.3, 0.4) is 0 Å². The molecule has 0 radical (unpaired) electrons. The van der Waals surface area contributed by atoms with Gasteiger partial charge in [-0.1, -0.05) is 30.3 Å². The van der Waals surface area contributed by atoms with E-state index >= 15 is 0 Å². The van der Waals surface area contributed by atoms with Crippen LogP contribution in [0.2, 0.25) is 0 Å². The van der Waals surface area contributed by atoms with Crippen molar-refractivity contribution in [3.63, 3.8) is 0 Å². The second kappa shape index (κ2) is 5.10. The summed E-state index contributed by atoms with van der Waals surface area (Å²) in [5, 5.41) is 0. The molecule has 1 aromatic carbocycles. The molecule has 22 heavy (non-hydrogen) atoms. The number of rotatable bonds is 2. The highest BCUT2D eigenvalue weighted by Crippen LogP contribution is 2.15. The van der Waals surface area contributed by atoms with Crippen molar-refractivity contribution in [2.45, 2.75) is 13.0 Å². The van der Waals surface area contributed by atoms with Crippen LogP contribution >= 0.6 is 12.2 Å². The third-order valence-corrected chi connectivity index (χ3v) is 4.38. The molecule has 0 saturated heterocycles. The second-order valence-corrected chi connectivity index (χ2v) is 5.68. The third-order valence-electron chi connectivity index (χ3n) is 4.01. The first-order chi connectivity index (χ1) is 10.4. The second-order valence-electron chi connectivity index (χ2n) is 5.29. The summed E-state index contributed by atoms with van der Waals surface area (Å²) in [4.78, 5) is 28.3. The van der Waals surface area contributed by atoms with Crippen molar-refractivity contribution in [2.75, 3.05) is 0 Å². The first kappa shape index (κ1) is 14.5. The minimum absolute atomic E-state index is 0.343. The summed E-state index contributed by atoms with van der Waals surface area (Å²) in [6, 6.07) is 9.11. The van der Waals surface area contributed by atoms with Gasteiger partial charge in [-0.2, -0.15) is 0 Å². The van der Waals surface area contributed by atoms with E-state index in [1.807, 2.05) is 37.3 Å². The van der Waals surface area contributed by atoms with Crippen molar-refractivity contribution >= 4 is 23.4 Å².